The van der Waals surface area contributed by atoms with Gasteiger partial charge < -0.3 is 52.6 Å². The highest BCUT2D eigenvalue weighted by atomic mass is 16.7. The lowest BCUT2D eigenvalue weighted by atomic mass is 9.50. The van der Waals surface area contributed by atoms with Crippen molar-refractivity contribution in [3.63, 3.8) is 0 Å². The first-order valence-electron chi connectivity index (χ1n) is 20.2. The smallest absolute Gasteiger partial charge is 0.477 e. The molecule has 0 aromatic heterocycles. The van der Waals surface area contributed by atoms with Crippen molar-refractivity contribution < 1.29 is 81.3 Å². The van der Waals surface area contributed by atoms with Gasteiger partial charge in [0.1, 0.15) is 11.4 Å². The number of hydrogen-bond donors (Lipinski definition) is 1. The first kappa shape index (κ1) is 45.8. The number of esters is 6. The lowest BCUT2D eigenvalue weighted by molar-refractivity contribution is -0.196. The molecule has 1 saturated heterocycles. The van der Waals surface area contributed by atoms with Crippen LogP contribution in [0.3, 0.4) is 0 Å². The molecule has 2 heterocycles. The third-order valence-corrected chi connectivity index (χ3v) is 10.8. The van der Waals surface area contributed by atoms with E-state index in [-0.39, 0.29) is 36.9 Å². The van der Waals surface area contributed by atoms with Crippen molar-refractivity contribution in [2.45, 2.75) is 147 Å². The van der Waals surface area contributed by atoms with Crippen LogP contribution in [0.1, 0.15) is 105 Å². The molecule has 0 radical (unpaired) electrons. The summed E-state index contributed by atoms with van der Waals surface area (Å²) in [5.41, 5.74) is -2.21. The van der Waals surface area contributed by atoms with Crippen LogP contribution in [0.25, 0.3) is 0 Å². The number of ether oxygens (including phenoxy) is 9. The maximum absolute atomic E-state index is 14.2. The summed E-state index contributed by atoms with van der Waals surface area (Å²) in [6, 6.07) is 2.95. The van der Waals surface area contributed by atoms with Gasteiger partial charge in [0.15, 0.2) is 17.6 Å². The van der Waals surface area contributed by atoms with Gasteiger partial charge in [0.2, 0.25) is 18.3 Å². The molecule has 330 valence electrons. The van der Waals surface area contributed by atoms with Gasteiger partial charge in [-0.1, -0.05) is 32.8 Å². The molecule has 0 unspecified atom stereocenters. The van der Waals surface area contributed by atoms with E-state index in [1.165, 1.54) is 6.08 Å². The lowest BCUT2D eigenvalue weighted by Crippen LogP contribution is -2.74. The zero-order valence-electron chi connectivity index (χ0n) is 35.3. The molecule has 2 aliphatic heterocycles. The van der Waals surface area contributed by atoms with Gasteiger partial charge in [-0.05, 0) is 77.8 Å². The van der Waals surface area contributed by atoms with Crippen molar-refractivity contribution in [1.82, 2.24) is 4.90 Å². The Bertz CT molecular complexity index is 1880. The number of carbonyl (C=O) groups is 7. The second kappa shape index (κ2) is 18.6. The van der Waals surface area contributed by atoms with Crippen molar-refractivity contribution in [3.8, 4) is 11.5 Å². The maximum Gasteiger partial charge on any atom is 0.514 e. The number of likely N-dealkylation sites (N-methyl/N-ethyl adjacent to an activating group) is 1. The molecule has 0 saturated carbocycles. The van der Waals surface area contributed by atoms with E-state index in [9.17, 15) is 38.7 Å². The van der Waals surface area contributed by atoms with Crippen LogP contribution in [0, 0.1) is 0 Å². The molecule has 4 aliphatic rings. The molecular formula is C42H55NO17. The molecule has 18 heteroatoms. The molecule has 5 rings (SSSR count). The summed E-state index contributed by atoms with van der Waals surface area (Å²) in [4.78, 5) is 93.6. The van der Waals surface area contributed by atoms with E-state index >= 15 is 0 Å². The monoisotopic (exact) mass is 845 g/mol. The predicted octanol–water partition coefficient (Wildman–Crippen LogP) is 3.67. The van der Waals surface area contributed by atoms with Crippen LogP contribution in [0.4, 0.5) is 4.79 Å². The highest BCUT2D eigenvalue weighted by molar-refractivity contribution is 5.91. The minimum Gasteiger partial charge on any atom is -0.477 e. The summed E-state index contributed by atoms with van der Waals surface area (Å²) < 4.78 is 49.6. The second-order valence-electron chi connectivity index (χ2n) is 16.4. The van der Waals surface area contributed by atoms with Gasteiger partial charge in [-0.15, -0.1) is 0 Å². The quantitative estimate of drug-likeness (QED) is 0.102. The minimum atomic E-state index is -2.34. The van der Waals surface area contributed by atoms with Crippen LogP contribution in [0.5, 0.6) is 11.5 Å². The zero-order valence-corrected chi connectivity index (χ0v) is 35.3. The number of rotatable bonds is 17. The number of nitrogens with zero attached hydrogens (tertiary/aromatic N) is 1. The first-order valence-corrected chi connectivity index (χ1v) is 20.2. The molecule has 1 aromatic rings. The number of aliphatic hydroxyl groups is 1. The SMILES string of the molecule is CCCCOC(=O)C[C@@H](OC(=O)[C@H](OC(C)=O)[C@@H](OC(C)=O)C(=O)OC1=CC[C@@]2(O)[C@H]3Cc4ccc(OC(=O)OC(C)(C)C)c5c4[C@@]2(CCN3C)[C@H]1O5)C(=O)OCCCC. The number of carbonyl (C=O) groups excluding carboxylic acids is 7. The summed E-state index contributed by atoms with van der Waals surface area (Å²) in [5.74, 6) is -7.15. The van der Waals surface area contributed by atoms with E-state index < -0.39 is 95.5 Å². The third kappa shape index (κ3) is 9.54. The summed E-state index contributed by atoms with van der Waals surface area (Å²) in [5, 5.41) is 12.7. The van der Waals surface area contributed by atoms with Gasteiger partial charge in [-0.3, -0.25) is 14.4 Å². The number of benzene rings is 1. The van der Waals surface area contributed by atoms with E-state index in [2.05, 4.69) is 0 Å². The van der Waals surface area contributed by atoms with E-state index in [1.54, 1.807) is 32.9 Å². The minimum absolute atomic E-state index is 0.00431. The molecule has 7 atom stereocenters. The molecular weight excluding hydrogens is 790 g/mol. The Balaban J connectivity index is 1.47. The van der Waals surface area contributed by atoms with Crippen LogP contribution in [-0.2, 0) is 73.8 Å². The molecule has 1 spiro atoms. The number of piperidine rings is 1. The summed E-state index contributed by atoms with van der Waals surface area (Å²) in [6.45, 7) is 11.1. The van der Waals surface area contributed by atoms with E-state index in [1.807, 2.05) is 25.8 Å². The number of likely N-dealkylation sites (tertiary alicyclic amines) is 1. The van der Waals surface area contributed by atoms with Crippen LogP contribution in [-0.4, -0.2) is 120 Å². The standard InChI is InChI=1S/C42H55NO17/c1-9-11-19-52-30(46)22-28(36(47)53-20-12-10-2)57-38(49)34(55-24(4)45)33(54-23(3)44)37(48)56-27-15-16-42(51)29-21-25-13-14-26(58-39(50)60-40(5,6)7)32-31(25)41(42,35(27)59-32)17-18-43(29)8/h13-15,28-29,33-35,51H,9-12,16-22H2,1-8H3/t28-,29-,33-,34-,35+,41+,42-/m1/s1. The fourth-order valence-corrected chi connectivity index (χ4v) is 8.20. The van der Waals surface area contributed by atoms with Gasteiger partial charge in [0, 0.05) is 31.9 Å². The lowest BCUT2D eigenvalue weighted by Gasteiger charge is -2.61. The van der Waals surface area contributed by atoms with Crippen LogP contribution >= 0.6 is 0 Å². The predicted molar refractivity (Wildman–Crippen MR) is 205 cm³/mol. The van der Waals surface area contributed by atoms with Crippen LogP contribution in [0.2, 0.25) is 0 Å². The van der Waals surface area contributed by atoms with Crippen molar-refractivity contribution in [1.29, 1.82) is 0 Å². The van der Waals surface area contributed by atoms with E-state index in [0.717, 1.165) is 19.4 Å². The Morgan fingerprint density at radius 3 is 2.13 bits per heavy atom. The maximum atomic E-state index is 14.2. The van der Waals surface area contributed by atoms with Gasteiger partial charge in [0.25, 0.3) is 0 Å². The van der Waals surface area contributed by atoms with E-state index in [4.69, 9.17) is 42.6 Å². The molecule has 1 aromatic carbocycles. The largest absolute Gasteiger partial charge is 0.514 e. The molecule has 18 nitrogen and oxygen atoms in total. The van der Waals surface area contributed by atoms with Crippen LogP contribution in [0.15, 0.2) is 24.0 Å². The average molecular weight is 846 g/mol. The van der Waals surface area contributed by atoms with Crippen molar-refractivity contribution in [2.24, 2.45) is 0 Å². The topological polar surface area (TPSA) is 226 Å². The molecule has 2 bridgehead atoms. The molecule has 1 fully saturated rings. The average Bonchev–Trinajstić information content (AvgIpc) is 3.51. The van der Waals surface area contributed by atoms with Gasteiger partial charge in [-0.25, -0.2) is 19.2 Å². The van der Waals surface area contributed by atoms with Crippen molar-refractivity contribution >= 4 is 42.0 Å². The van der Waals surface area contributed by atoms with Gasteiger partial charge >= 0.3 is 42.0 Å². The van der Waals surface area contributed by atoms with Gasteiger partial charge in [-0.2, -0.15) is 0 Å². The summed E-state index contributed by atoms with van der Waals surface area (Å²) in [7, 11) is 1.90. The molecule has 2 aliphatic carbocycles. The molecule has 1 N–H and O–H groups in total. The van der Waals surface area contributed by atoms with E-state index in [0.29, 0.717) is 50.6 Å². The Labute approximate surface area is 348 Å². The summed E-state index contributed by atoms with van der Waals surface area (Å²) >= 11 is 0. The Kier molecular flexibility index (Phi) is 14.2. The van der Waals surface area contributed by atoms with Crippen molar-refractivity contribution in [3.05, 3.63) is 35.1 Å². The fraction of sp³-hybridized carbons (Fsp3) is 0.643. The normalized spacial score (nSPS) is 23.9. The zero-order chi connectivity index (χ0) is 44.2. The first-order chi connectivity index (χ1) is 28.3. The van der Waals surface area contributed by atoms with Crippen molar-refractivity contribution in [2.75, 3.05) is 26.8 Å². The summed E-state index contributed by atoms with van der Waals surface area (Å²) in [6.07, 6.45) is -5.02. The van der Waals surface area contributed by atoms with Gasteiger partial charge in [0.05, 0.1) is 30.7 Å². The molecule has 60 heavy (non-hydrogen) atoms. The number of unbranched alkanes of at least 4 members (excludes halogenated alkanes) is 2. The fourth-order valence-electron chi connectivity index (χ4n) is 8.20. The third-order valence-electron chi connectivity index (χ3n) is 10.8. The number of hydrogen-bond acceptors (Lipinski definition) is 18. The highest BCUT2D eigenvalue weighted by Crippen LogP contribution is 2.65. The Morgan fingerprint density at radius 2 is 1.52 bits per heavy atom. The second-order valence-corrected chi connectivity index (χ2v) is 16.4. The Morgan fingerprint density at radius 1 is 0.883 bits per heavy atom. The highest BCUT2D eigenvalue weighted by Gasteiger charge is 2.72. The van der Waals surface area contributed by atoms with Crippen LogP contribution < -0.4 is 9.47 Å². The molecule has 0 amide bonds. The Hall–Kier alpha value is -5.23.